The quantitative estimate of drug-likeness (QED) is 0.797. The van der Waals surface area contributed by atoms with Crippen molar-refractivity contribution in [3.8, 4) is 0 Å². The third kappa shape index (κ3) is 3.14. The van der Waals surface area contributed by atoms with E-state index in [1.165, 1.54) is 19.1 Å². The first-order chi connectivity index (χ1) is 8.68. The Bertz CT molecular complexity index is 347. The molecule has 2 N–H and O–H groups in total. The first-order valence-electron chi connectivity index (χ1n) is 6.52. The van der Waals surface area contributed by atoms with E-state index in [0.29, 0.717) is 18.0 Å². The molecule has 18 heavy (non-hydrogen) atoms. The van der Waals surface area contributed by atoms with Crippen molar-refractivity contribution in [1.82, 2.24) is 25.8 Å². The fourth-order valence-corrected chi connectivity index (χ4v) is 2.50. The first kappa shape index (κ1) is 13.2. The molecular formula is C12H22N6. The van der Waals surface area contributed by atoms with Crippen LogP contribution in [0.5, 0.6) is 0 Å². The van der Waals surface area contributed by atoms with Gasteiger partial charge in [0, 0.05) is 25.7 Å². The zero-order valence-electron chi connectivity index (χ0n) is 11.3. The van der Waals surface area contributed by atoms with Crippen LogP contribution in [0.2, 0.25) is 0 Å². The fraction of sp³-hybridized carbons (Fsp3) is 0.750. The molecule has 2 heterocycles. The summed E-state index contributed by atoms with van der Waals surface area (Å²) in [4.78, 5) is 14.2. The predicted octanol–water partition coefficient (Wildman–Crippen LogP) is 0.589. The number of nitrogens with zero attached hydrogens (tertiary/aromatic N) is 4. The summed E-state index contributed by atoms with van der Waals surface area (Å²) >= 11 is 0. The minimum atomic E-state index is 0.544. The molecule has 2 rings (SSSR count). The molecule has 6 heteroatoms. The van der Waals surface area contributed by atoms with Crippen molar-refractivity contribution < 1.29 is 0 Å². The number of anilines is 1. The van der Waals surface area contributed by atoms with E-state index < -0.39 is 0 Å². The Hall–Kier alpha value is -1.27. The lowest BCUT2D eigenvalue weighted by Crippen LogP contribution is -2.30. The molecule has 0 aliphatic carbocycles. The monoisotopic (exact) mass is 250 g/mol. The van der Waals surface area contributed by atoms with Gasteiger partial charge in [-0.3, -0.25) is 10.9 Å². The standard InChI is InChI=1S/C12H22N6/c1-9-11(10(2)17-16-9)5-4-6-18(3)12-14-7-13-8-15-12/h7-11,16-17H,4-6H2,1-3H3. The van der Waals surface area contributed by atoms with Gasteiger partial charge in [-0.05, 0) is 32.6 Å². The minimum absolute atomic E-state index is 0.544. The van der Waals surface area contributed by atoms with Gasteiger partial charge in [0.1, 0.15) is 12.7 Å². The van der Waals surface area contributed by atoms with Crippen LogP contribution in [0.4, 0.5) is 5.95 Å². The zero-order valence-corrected chi connectivity index (χ0v) is 11.3. The maximum absolute atomic E-state index is 4.14. The van der Waals surface area contributed by atoms with Crippen LogP contribution < -0.4 is 15.8 Å². The molecule has 2 unspecified atom stereocenters. The molecule has 1 aromatic rings. The van der Waals surface area contributed by atoms with Crippen LogP contribution in [0.3, 0.4) is 0 Å². The van der Waals surface area contributed by atoms with E-state index in [2.05, 4.69) is 44.6 Å². The molecule has 2 atom stereocenters. The highest BCUT2D eigenvalue weighted by molar-refractivity contribution is 5.24. The molecule has 1 aliphatic heterocycles. The molecule has 1 aromatic heterocycles. The average Bonchev–Trinajstić information content (AvgIpc) is 2.71. The van der Waals surface area contributed by atoms with Gasteiger partial charge in [0.25, 0.3) is 0 Å². The molecular weight excluding hydrogens is 228 g/mol. The van der Waals surface area contributed by atoms with Gasteiger partial charge < -0.3 is 4.90 Å². The summed E-state index contributed by atoms with van der Waals surface area (Å²) in [7, 11) is 2.02. The second-order valence-corrected chi connectivity index (χ2v) is 5.03. The fourth-order valence-electron chi connectivity index (χ4n) is 2.50. The SMILES string of the molecule is CC1NNC(C)C1CCCN(C)c1ncncn1. The molecule has 0 amide bonds. The van der Waals surface area contributed by atoms with E-state index in [-0.39, 0.29) is 0 Å². The van der Waals surface area contributed by atoms with Crippen molar-refractivity contribution in [2.45, 2.75) is 38.8 Å². The van der Waals surface area contributed by atoms with Crippen LogP contribution in [0.1, 0.15) is 26.7 Å². The van der Waals surface area contributed by atoms with Crippen LogP contribution in [0.25, 0.3) is 0 Å². The van der Waals surface area contributed by atoms with E-state index in [0.717, 1.165) is 18.9 Å². The third-order valence-corrected chi connectivity index (χ3v) is 3.68. The zero-order chi connectivity index (χ0) is 13.0. The molecule has 0 aromatic carbocycles. The highest BCUT2D eigenvalue weighted by Crippen LogP contribution is 2.20. The van der Waals surface area contributed by atoms with Crippen LogP contribution in [-0.2, 0) is 0 Å². The summed E-state index contributed by atoms with van der Waals surface area (Å²) in [6.07, 6.45) is 5.42. The number of aromatic nitrogens is 3. The Morgan fingerprint density at radius 1 is 1.17 bits per heavy atom. The number of hydrogen-bond donors (Lipinski definition) is 2. The largest absolute Gasteiger partial charge is 0.344 e. The number of hydrazine groups is 1. The topological polar surface area (TPSA) is 66.0 Å². The van der Waals surface area contributed by atoms with Gasteiger partial charge in [0.15, 0.2) is 0 Å². The van der Waals surface area contributed by atoms with E-state index in [9.17, 15) is 0 Å². The molecule has 1 fully saturated rings. The van der Waals surface area contributed by atoms with Gasteiger partial charge >= 0.3 is 0 Å². The van der Waals surface area contributed by atoms with Crippen molar-refractivity contribution in [2.24, 2.45) is 5.92 Å². The van der Waals surface area contributed by atoms with Gasteiger partial charge in [0.05, 0.1) is 0 Å². The van der Waals surface area contributed by atoms with Crippen molar-refractivity contribution in [3.63, 3.8) is 0 Å². The smallest absolute Gasteiger partial charge is 0.228 e. The molecule has 0 bridgehead atoms. The van der Waals surface area contributed by atoms with Gasteiger partial charge in [-0.15, -0.1) is 0 Å². The second-order valence-electron chi connectivity index (χ2n) is 5.03. The van der Waals surface area contributed by atoms with Crippen molar-refractivity contribution in [1.29, 1.82) is 0 Å². The molecule has 1 saturated heterocycles. The van der Waals surface area contributed by atoms with Gasteiger partial charge in [-0.25, -0.2) is 15.0 Å². The summed E-state index contributed by atoms with van der Waals surface area (Å²) < 4.78 is 0. The summed E-state index contributed by atoms with van der Waals surface area (Å²) in [6.45, 7) is 5.44. The molecule has 6 nitrogen and oxygen atoms in total. The Labute approximate surface area is 108 Å². The average molecular weight is 250 g/mol. The predicted molar refractivity (Wildman–Crippen MR) is 71.0 cm³/mol. The maximum atomic E-state index is 4.14. The molecule has 0 radical (unpaired) electrons. The molecule has 100 valence electrons. The van der Waals surface area contributed by atoms with E-state index in [4.69, 9.17) is 0 Å². The van der Waals surface area contributed by atoms with Crippen LogP contribution in [0.15, 0.2) is 12.7 Å². The molecule has 1 aliphatic rings. The lowest BCUT2D eigenvalue weighted by atomic mass is 9.92. The summed E-state index contributed by atoms with van der Waals surface area (Å²) in [5.41, 5.74) is 6.59. The van der Waals surface area contributed by atoms with Crippen LogP contribution >= 0.6 is 0 Å². The van der Waals surface area contributed by atoms with Gasteiger partial charge in [0.2, 0.25) is 5.95 Å². The number of hydrogen-bond acceptors (Lipinski definition) is 6. The number of rotatable bonds is 5. The minimum Gasteiger partial charge on any atom is -0.344 e. The highest BCUT2D eigenvalue weighted by atomic mass is 15.4. The number of nitrogens with one attached hydrogen (secondary N) is 2. The summed E-state index contributed by atoms with van der Waals surface area (Å²) in [6, 6.07) is 1.09. The van der Waals surface area contributed by atoms with Gasteiger partial charge in [-0.1, -0.05) is 0 Å². The summed E-state index contributed by atoms with van der Waals surface area (Å²) in [5.74, 6) is 1.44. The first-order valence-corrected chi connectivity index (χ1v) is 6.52. The molecule has 0 saturated carbocycles. The van der Waals surface area contributed by atoms with Crippen LogP contribution in [-0.4, -0.2) is 40.6 Å². The normalized spacial score (nSPS) is 27.4. The Morgan fingerprint density at radius 2 is 1.78 bits per heavy atom. The van der Waals surface area contributed by atoms with E-state index in [1.807, 2.05) is 7.05 Å². The van der Waals surface area contributed by atoms with E-state index >= 15 is 0 Å². The van der Waals surface area contributed by atoms with E-state index in [1.54, 1.807) is 0 Å². The lowest BCUT2D eigenvalue weighted by Gasteiger charge is -2.20. The molecule has 0 spiro atoms. The Balaban J connectivity index is 1.75. The van der Waals surface area contributed by atoms with Crippen molar-refractivity contribution in [2.75, 3.05) is 18.5 Å². The Kier molecular flexibility index (Phi) is 4.43. The van der Waals surface area contributed by atoms with Crippen LogP contribution in [0, 0.1) is 5.92 Å². The second kappa shape index (κ2) is 6.06. The van der Waals surface area contributed by atoms with Crippen molar-refractivity contribution in [3.05, 3.63) is 12.7 Å². The lowest BCUT2D eigenvalue weighted by molar-refractivity contribution is 0.403. The maximum Gasteiger partial charge on any atom is 0.228 e. The van der Waals surface area contributed by atoms with Gasteiger partial charge in [-0.2, -0.15) is 0 Å². The Morgan fingerprint density at radius 3 is 2.39 bits per heavy atom. The highest BCUT2D eigenvalue weighted by Gasteiger charge is 2.28. The van der Waals surface area contributed by atoms with Crippen molar-refractivity contribution >= 4 is 5.95 Å². The summed E-state index contributed by atoms with van der Waals surface area (Å²) in [5, 5.41) is 0. The third-order valence-electron chi connectivity index (χ3n) is 3.68.